The highest BCUT2D eigenvalue weighted by atomic mass is 16.7. The van der Waals surface area contributed by atoms with Crippen molar-refractivity contribution in [3.05, 3.63) is 29.3 Å². The van der Waals surface area contributed by atoms with Crippen molar-refractivity contribution in [3.8, 4) is 0 Å². The molecule has 2 aliphatic rings. The fourth-order valence-corrected chi connectivity index (χ4v) is 3.26. The van der Waals surface area contributed by atoms with Crippen molar-refractivity contribution in [3.63, 3.8) is 0 Å². The number of ether oxygens (including phenoxy) is 2. The van der Waals surface area contributed by atoms with E-state index in [4.69, 9.17) is 9.47 Å². The van der Waals surface area contributed by atoms with Crippen LogP contribution in [0, 0.1) is 13.8 Å². The molecule has 23 heavy (non-hydrogen) atoms. The summed E-state index contributed by atoms with van der Waals surface area (Å²) in [7, 11) is 0. The zero-order valence-corrected chi connectivity index (χ0v) is 14.1. The molecule has 5 heteroatoms. The Hall–Kier alpha value is -1.43. The van der Waals surface area contributed by atoms with Crippen molar-refractivity contribution >= 4 is 11.6 Å². The molecule has 2 aliphatic heterocycles. The molecule has 3 rings (SSSR count). The smallest absolute Gasteiger partial charge is 0.225 e. The van der Waals surface area contributed by atoms with Crippen LogP contribution in [0.25, 0.3) is 0 Å². The van der Waals surface area contributed by atoms with Gasteiger partial charge in [0.1, 0.15) is 0 Å². The molecule has 0 atom stereocenters. The van der Waals surface area contributed by atoms with Gasteiger partial charge in [-0.1, -0.05) is 12.1 Å². The molecule has 2 saturated heterocycles. The summed E-state index contributed by atoms with van der Waals surface area (Å²) in [5, 5.41) is 3.02. The predicted molar refractivity (Wildman–Crippen MR) is 89.5 cm³/mol. The van der Waals surface area contributed by atoms with Crippen LogP contribution in [0.4, 0.5) is 5.69 Å². The highest BCUT2D eigenvalue weighted by Crippen LogP contribution is 2.31. The summed E-state index contributed by atoms with van der Waals surface area (Å²) in [6.45, 7) is 8.15. The van der Waals surface area contributed by atoms with Gasteiger partial charge in [0.2, 0.25) is 5.91 Å². The number of aryl methyl sites for hydroxylation is 1. The summed E-state index contributed by atoms with van der Waals surface area (Å²) in [4.78, 5) is 14.5. The molecule has 1 spiro atoms. The van der Waals surface area contributed by atoms with Crippen LogP contribution in [0.1, 0.15) is 30.4 Å². The van der Waals surface area contributed by atoms with Crippen molar-refractivity contribution in [2.45, 2.75) is 38.9 Å². The van der Waals surface area contributed by atoms with E-state index in [0.29, 0.717) is 19.6 Å². The number of hydrogen-bond acceptors (Lipinski definition) is 4. The number of likely N-dealkylation sites (tertiary alicyclic amines) is 1. The van der Waals surface area contributed by atoms with Gasteiger partial charge in [0.15, 0.2) is 5.79 Å². The number of carbonyl (C=O) groups is 1. The molecule has 0 aromatic heterocycles. The Balaban J connectivity index is 1.44. The number of nitrogens with one attached hydrogen (secondary N) is 1. The SMILES string of the molecule is Cc1cccc(NC(=O)CCN2CCC3(CC2)OCCO3)c1C. The summed E-state index contributed by atoms with van der Waals surface area (Å²) < 4.78 is 11.5. The first-order valence-electron chi connectivity index (χ1n) is 8.44. The van der Waals surface area contributed by atoms with Crippen LogP contribution in [0.3, 0.4) is 0 Å². The molecule has 1 aromatic rings. The number of carbonyl (C=O) groups excluding carboxylic acids is 1. The first-order chi connectivity index (χ1) is 11.1. The highest BCUT2D eigenvalue weighted by molar-refractivity contribution is 5.91. The van der Waals surface area contributed by atoms with E-state index in [1.807, 2.05) is 19.1 Å². The van der Waals surface area contributed by atoms with E-state index < -0.39 is 0 Å². The van der Waals surface area contributed by atoms with Gasteiger partial charge >= 0.3 is 0 Å². The maximum absolute atomic E-state index is 12.2. The Kier molecular flexibility index (Phi) is 4.99. The van der Waals surface area contributed by atoms with E-state index >= 15 is 0 Å². The lowest BCUT2D eigenvalue weighted by molar-refractivity contribution is -0.185. The quantitative estimate of drug-likeness (QED) is 0.926. The summed E-state index contributed by atoms with van der Waals surface area (Å²) in [5.74, 6) is -0.260. The topological polar surface area (TPSA) is 50.8 Å². The minimum absolute atomic E-state index is 0.0763. The molecule has 0 bridgehead atoms. The van der Waals surface area contributed by atoms with Crippen LogP contribution in [0.15, 0.2) is 18.2 Å². The zero-order valence-electron chi connectivity index (χ0n) is 14.1. The van der Waals surface area contributed by atoms with Crippen LogP contribution in [0.5, 0.6) is 0 Å². The van der Waals surface area contributed by atoms with Crippen molar-refractivity contribution in [2.24, 2.45) is 0 Å². The Morgan fingerprint density at radius 3 is 2.61 bits per heavy atom. The third-order valence-electron chi connectivity index (χ3n) is 4.97. The van der Waals surface area contributed by atoms with Crippen LogP contribution >= 0.6 is 0 Å². The molecule has 1 N–H and O–H groups in total. The van der Waals surface area contributed by atoms with Gasteiger partial charge in [0, 0.05) is 44.6 Å². The third kappa shape index (κ3) is 3.91. The lowest BCUT2D eigenvalue weighted by Crippen LogP contribution is -2.45. The van der Waals surface area contributed by atoms with Crippen LogP contribution in [-0.2, 0) is 14.3 Å². The Bertz CT molecular complexity index is 557. The van der Waals surface area contributed by atoms with E-state index in [1.165, 1.54) is 5.56 Å². The summed E-state index contributed by atoms with van der Waals surface area (Å²) in [6, 6.07) is 5.99. The van der Waals surface area contributed by atoms with Crippen molar-refractivity contribution in [2.75, 3.05) is 38.2 Å². The second-order valence-electron chi connectivity index (χ2n) is 6.49. The van der Waals surface area contributed by atoms with Crippen molar-refractivity contribution in [1.29, 1.82) is 0 Å². The normalized spacial score (nSPS) is 20.8. The Morgan fingerprint density at radius 2 is 1.91 bits per heavy atom. The third-order valence-corrected chi connectivity index (χ3v) is 4.97. The first-order valence-corrected chi connectivity index (χ1v) is 8.44. The molecular formula is C18H26N2O3. The van der Waals surface area contributed by atoms with Gasteiger partial charge in [-0.05, 0) is 31.0 Å². The fraction of sp³-hybridized carbons (Fsp3) is 0.611. The number of hydrogen-bond donors (Lipinski definition) is 1. The van der Waals surface area contributed by atoms with Crippen LogP contribution in [-0.4, -0.2) is 49.4 Å². The second-order valence-corrected chi connectivity index (χ2v) is 6.49. The molecule has 1 aromatic carbocycles. The Labute approximate surface area is 137 Å². The standard InChI is InChI=1S/C18H26N2O3/c1-14-4-3-5-16(15(14)2)19-17(21)6-9-20-10-7-18(8-11-20)22-12-13-23-18/h3-5H,6-13H2,1-2H3,(H,19,21). The minimum atomic E-state index is -0.336. The average molecular weight is 318 g/mol. The van der Waals surface area contributed by atoms with Gasteiger partial charge in [-0.3, -0.25) is 4.79 Å². The number of piperidine rings is 1. The van der Waals surface area contributed by atoms with Gasteiger partial charge in [-0.15, -0.1) is 0 Å². The number of nitrogens with zero attached hydrogens (tertiary/aromatic N) is 1. The maximum Gasteiger partial charge on any atom is 0.225 e. The monoisotopic (exact) mass is 318 g/mol. The summed E-state index contributed by atoms with van der Waals surface area (Å²) in [5.41, 5.74) is 3.25. The number of amides is 1. The van der Waals surface area contributed by atoms with E-state index in [-0.39, 0.29) is 11.7 Å². The molecular weight excluding hydrogens is 292 g/mol. The molecule has 0 unspecified atom stereocenters. The van der Waals surface area contributed by atoms with E-state index in [2.05, 4.69) is 23.2 Å². The van der Waals surface area contributed by atoms with E-state index in [0.717, 1.165) is 43.7 Å². The van der Waals surface area contributed by atoms with Gasteiger partial charge in [-0.2, -0.15) is 0 Å². The number of benzene rings is 1. The van der Waals surface area contributed by atoms with Gasteiger partial charge < -0.3 is 19.7 Å². The van der Waals surface area contributed by atoms with Gasteiger partial charge in [-0.25, -0.2) is 0 Å². The molecule has 2 fully saturated rings. The maximum atomic E-state index is 12.2. The van der Waals surface area contributed by atoms with Crippen LogP contribution in [0.2, 0.25) is 0 Å². The second kappa shape index (κ2) is 6.99. The average Bonchev–Trinajstić information content (AvgIpc) is 3.00. The minimum Gasteiger partial charge on any atom is -0.347 e. The molecule has 2 heterocycles. The van der Waals surface area contributed by atoms with Crippen LogP contribution < -0.4 is 5.32 Å². The molecule has 1 amide bonds. The largest absolute Gasteiger partial charge is 0.347 e. The fourth-order valence-electron chi connectivity index (χ4n) is 3.26. The van der Waals surface area contributed by atoms with Gasteiger partial charge in [0.05, 0.1) is 13.2 Å². The van der Waals surface area contributed by atoms with E-state index in [1.54, 1.807) is 0 Å². The van der Waals surface area contributed by atoms with E-state index in [9.17, 15) is 4.79 Å². The van der Waals surface area contributed by atoms with Crippen molar-refractivity contribution < 1.29 is 14.3 Å². The summed E-state index contributed by atoms with van der Waals surface area (Å²) >= 11 is 0. The van der Waals surface area contributed by atoms with Gasteiger partial charge in [0.25, 0.3) is 0 Å². The lowest BCUT2D eigenvalue weighted by atomic mass is 10.0. The predicted octanol–water partition coefficient (Wildman–Crippen LogP) is 2.47. The van der Waals surface area contributed by atoms with Crippen molar-refractivity contribution in [1.82, 2.24) is 4.90 Å². The molecule has 0 saturated carbocycles. The molecule has 5 nitrogen and oxygen atoms in total. The summed E-state index contributed by atoms with van der Waals surface area (Å²) in [6.07, 6.45) is 2.30. The Morgan fingerprint density at radius 1 is 1.22 bits per heavy atom. The first kappa shape index (κ1) is 16.4. The molecule has 0 radical (unpaired) electrons. The zero-order chi connectivity index (χ0) is 16.3. The highest BCUT2D eigenvalue weighted by Gasteiger charge is 2.39. The number of anilines is 1. The number of rotatable bonds is 4. The lowest BCUT2D eigenvalue weighted by Gasteiger charge is -2.37. The molecule has 0 aliphatic carbocycles. The molecule has 126 valence electrons.